The van der Waals surface area contributed by atoms with Crippen LogP contribution in [-0.2, 0) is 12.6 Å². The van der Waals surface area contributed by atoms with E-state index in [9.17, 15) is 13.2 Å². The van der Waals surface area contributed by atoms with Crippen molar-refractivity contribution in [3.05, 3.63) is 36.0 Å². The second-order valence-corrected chi connectivity index (χ2v) is 4.75. The molecular weight excluding hydrogens is 327 g/mol. The molecule has 0 bridgehead atoms. The van der Waals surface area contributed by atoms with Crippen molar-refractivity contribution in [3.63, 3.8) is 0 Å². The standard InChI is InChI=1S/C13H12F3N7O/c1-24-12-18-5-8(6-19-12)2-3-17-10-4-9(13(14,15)16)22-11-20-7-21-23(10)11/h4-7,17H,2-3H2,1H3. The third-order valence-corrected chi connectivity index (χ3v) is 3.13. The van der Waals surface area contributed by atoms with Crippen molar-refractivity contribution in [2.45, 2.75) is 12.6 Å². The summed E-state index contributed by atoms with van der Waals surface area (Å²) in [6.07, 6.45) is 0.265. The van der Waals surface area contributed by atoms with Crippen molar-refractivity contribution in [1.29, 1.82) is 0 Å². The lowest BCUT2D eigenvalue weighted by Gasteiger charge is -2.11. The molecule has 0 aliphatic carbocycles. The Labute approximate surface area is 133 Å². The van der Waals surface area contributed by atoms with Crippen molar-refractivity contribution in [2.24, 2.45) is 0 Å². The van der Waals surface area contributed by atoms with Crippen LogP contribution in [0.15, 0.2) is 24.8 Å². The Kier molecular flexibility index (Phi) is 4.15. The van der Waals surface area contributed by atoms with Gasteiger partial charge in [0, 0.05) is 25.0 Å². The average molecular weight is 339 g/mol. The normalized spacial score (nSPS) is 11.7. The molecule has 0 radical (unpaired) electrons. The predicted molar refractivity (Wildman–Crippen MR) is 76.6 cm³/mol. The van der Waals surface area contributed by atoms with Crippen molar-refractivity contribution < 1.29 is 17.9 Å². The van der Waals surface area contributed by atoms with Crippen LogP contribution in [0.5, 0.6) is 6.01 Å². The van der Waals surface area contributed by atoms with Gasteiger partial charge in [-0.1, -0.05) is 0 Å². The summed E-state index contributed by atoms with van der Waals surface area (Å²) in [5.41, 5.74) is -0.221. The molecule has 0 amide bonds. The van der Waals surface area contributed by atoms with Crippen LogP contribution in [0.25, 0.3) is 5.78 Å². The van der Waals surface area contributed by atoms with Crippen LogP contribution in [0, 0.1) is 0 Å². The second-order valence-electron chi connectivity index (χ2n) is 4.75. The Bertz CT molecular complexity index is 832. The van der Waals surface area contributed by atoms with Gasteiger partial charge < -0.3 is 10.1 Å². The maximum absolute atomic E-state index is 12.9. The smallest absolute Gasteiger partial charge is 0.433 e. The number of ether oxygens (including phenoxy) is 1. The minimum absolute atomic E-state index is 0.125. The molecule has 3 aromatic rings. The molecule has 11 heteroatoms. The monoisotopic (exact) mass is 339 g/mol. The molecule has 1 N–H and O–H groups in total. The first-order valence-corrected chi connectivity index (χ1v) is 6.84. The highest BCUT2D eigenvalue weighted by Gasteiger charge is 2.34. The number of hydrogen-bond donors (Lipinski definition) is 1. The molecule has 8 nitrogen and oxygen atoms in total. The summed E-state index contributed by atoms with van der Waals surface area (Å²) in [5, 5.41) is 6.76. The molecule has 0 aromatic carbocycles. The van der Waals surface area contributed by atoms with Crippen LogP contribution in [0.3, 0.4) is 0 Å². The zero-order chi connectivity index (χ0) is 17.2. The number of fused-ring (bicyclic) bond motifs is 1. The molecule has 0 spiro atoms. The van der Waals surface area contributed by atoms with E-state index in [1.54, 1.807) is 12.4 Å². The lowest BCUT2D eigenvalue weighted by Crippen LogP contribution is -2.14. The number of anilines is 1. The molecule has 0 aliphatic heterocycles. The quantitative estimate of drug-likeness (QED) is 0.755. The third-order valence-electron chi connectivity index (χ3n) is 3.13. The molecule has 0 saturated heterocycles. The van der Waals surface area contributed by atoms with Crippen molar-refractivity contribution >= 4 is 11.6 Å². The summed E-state index contributed by atoms with van der Waals surface area (Å²) in [7, 11) is 1.46. The van der Waals surface area contributed by atoms with E-state index in [4.69, 9.17) is 4.74 Å². The minimum Gasteiger partial charge on any atom is -0.467 e. The maximum atomic E-state index is 12.9. The number of rotatable bonds is 5. The van der Waals surface area contributed by atoms with Crippen molar-refractivity contribution in [3.8, 4) is 6.01 Å². The van der Waals surface area contributed by atoms with Gasteiger partial charge >= 0.3 is 12.2 Å². The van der Waals surface area contributed by atoms with E-state index in [0.29, 0.717) is 13.0 Å². The fourth-order valence-electron chi connectivity index (χ4n) is 2.00. The molecular formula is C13H12F3N7O. The summed E-state index contributed by atoms with van der Waals surface area (Å²) in [6, 6.07) is 1.15. The van der Waals surface area contributed by atoms with Gasteiger partial charge in [0.25, 0.3) is 5.78 Å². The molecule has 0 atom stereocenters. The number of halogens is 3. The van der Waals surface area contributed by atoms with Gasteiger partial charge in [-0.2, -0.15) is 27.8 Å². The number of alkyl halides is 3. The van der Waals surface area contributed by atoms with Crippen molar-refractivity contribution in [1.82, 2.24) is 29.5 Å². The minimum atomic E-state index is -4.56. The van der Waals surface area contributed by atoms with Gasteiger partial charge in [-0.3, -0.25) is 0 Å². The predicted octanol–water partition coefficient (Wildman–Crippen LogP) is 1.60. The second kappa shape index (κ2) is 6.26. The highest BCUT2D eigenvalue weighted by Crippen LogP contribution is 2.29. The maximum Gasteiger partial charge on any atom is 0.433 e. The number of aromatic nitrogens is 6. The van der Waals surface area contributed by atoms with Gasteiger partial charge in [-0.25, -0.2) is 15.0 Å². The van der Waals surface area contributed by atoms with Crippen LogP contribution in [0.1, 0.15) is 11.3 Å². The fraction of sp³-hybridized carbons (Fsp3) is 0.308. The number of hydrogen-bond acceptors (Lipinski definition) is 7. The van der Waals surface area contributed by atoms with E-state index >= 15 is 0 Å². The Morgan fingerprint density at radius 3 is 2.62 bits per heavy atom. The summed E-state index contributed by atoms with van der Waals surface area (Å²) < 4.78 is 44.7. The third kappa shape index (κ3) is 3.34. The van der Waals surface area contributed by atoms with Gasteiger partial charge in [0.2, 0.25) is 0 Å². The number of methoxy groups -OCH3 is 1. The van der Waals surface area contributed by atoms with Gasteiger partial charge in [0.15, 0.2) is 5.69 Å². The summed E-state index contributed by atoms with van der Waals surface area (Å²) >= 11 is 0. The zero-order valence-electron chi connectivity index (χ0n) is 12.4. The van der Waals surface area contributed by atoms with Crippen LogP contribution in [0.2, 0.25) is 0 Å². The lowest BCUT2D eigenvalue weighted by molar-refractivity contribution is -0.141. The first kappa shape index (κ1) is 15.9. The molecule has 0 aliphatic rings. The molecule has 0 unspecified atom stereocenters. The van der Waals surface area contributed by atoms with E-state index < -0.39 is 11.9 Å². The fourth-order valence-corrected chi connectivity index (χ4v) is 2.00. The molecule has 3 rings (SSSR count). The van der Waals surface area contributed by atoms with Crippen LogP contribution < -0.4 is 10.1 Å². The molecule has 3 aromatic heterocycles. The number of nitrogens with zero attached hydrogens (tertiary/aromatic N) is 6. The average Bonchev–Trinajstić information content (AvgIpc) is 3.03. The van der Waals surface area contributed by atoms with E-state index in [-0.39, 0.29) is 17.6 Å². The largest absolute Gasteiger partial charge is 0.467 e. The lowest BCUT2D eigenvalue weighted by atomic mass is 10.2. The van der Waals surface area contributed by atoms with Crippen LogP contribution >= 0.6 is 0 Å². The first-order chi connectivity index (χ1) is 11.5. The van der Waals surface area contributed by atoms with Gasteiger partial charge in [0.05, 0.1) is 7.11 Å². The topological polar surface area (TPSA) is 90.1 Å². The van der Waals surface area contributed by atoms with E-state index in [0.717, 1.165) is 18.0 Å². The highest BCUT2D eigenvalue weighted by atomic mass is 19.4. The van der Waals surface area contributed by atoms with Crippen molar-refractivity contribution in [2.75, 3.05) is 19.0 Å². The summed E-state index contributed by atoms with van der Waals surface area (Å²) in [5.74, 6) is 0.0272. The Morgan fingerprint density at radius 2 is 1.96 bits per heavy atom. The van der Waals surface area contributed by atoms with Gasteiger partial charge in [0.1, 0.15) is 12.1 Å². The first-order valence-electron chi connectivity index (χ1n) is 6.84. The molecule has 24 heavy (non-hydrogen) atoms. The SMILES string of the molecule is COc1ncc(CCNc2cc(C(F)(F)F)nc3ncnn23)cn1. The van der Waals surface area contributed by atoms with Crippen LogP contribution in [0.4, 0.5) is 19.0 Å². The van der Waals surface area contributed by atoms with E-state index in [1.807, 2.05) is 0 Å². The Morgan fingerprint density at radius 1 is 1.21 bits per heavy atom. The molecule has 0 fully saturated rings. The van der Waals surface area contributed by atoms with E-state index in [2.05, 4.69) is 30.4 Å². The summed E-state index contributed by atoms with van der Waals surface area (Å²) in [4.78, 5) is 15.1. The molecule has 126 valence electrons. The van der Waals surface area contributed by atoms with E-state index in [1.165, 1.54) is 11.6 Å². The molecule has 0 saturated carbocycles. The highest BCUT2D eigenvalue weighted by molar-refractivity contribution is 5.45. The Hall–Kier alpha value is -2.98. The Balaban J connectivity index is 1.75. The van der Waals surface area contributed by atoms with Crippen LogP contribution in [-0.4, -0.2) is 43.2 Å². The number of nitrogens with one attached hydrogen (secondary N) is 1. The van der Waals surface area contributed by atoms with Gasteiger partial charge in [-0.15, -0.1) is 0 Å². The summed E-state index contributed by atoms with van der Waals surface area (Å²) in [6.45, 7) is 0.353. The molecule has 3 heterocycles. The van der Waals surface area contributed by atoms with Gasteiger partial charge in [-0.05, 0) is 12.0 Å². The zero-order valence-corrected chi connectivity index (χ0v) is 12.4.